The summed E-state index contributed by atoms with van der Waals surface area (Å²) in [5.41, 5.74) is 0.519. The maximum absolute atomic E-state index is 5.52. The van der Waals surface area contributed by atoms with E-state index in [0.717, 1.165) is 25.7 Å². The van der Waals surface area contributed by atoms with Crippen LogP contribution in [0.1, 0.15) is 25.7 Å². The number of hydrogen-bond acceptors (Lipinski definition) is 3. The van der Waals surface area contributed by atoms with Gasteiger partial charge in [-0.15, -0.1) is 0 Å². The first-order valence-electron chi connectivity index (χ1n) is 6.68. The van der Waals surface area contributed by atoms with Crippen molar-refractivity contribution in [3.63, 3.8) is 0 Å². The van der Waals surface area contributed by atoms with Gasteiger partial charge >= 0.3 is 0 Å². The minimum absolute atomic E-state index is 0.519. The van der Waals surface area contributed by atoms with Crippen LogP contribution < -0.4 is 5.32 Å². The third-order valence-corrected chi connectivity index (χ3v) is 4.37. The molecule has 0 bridgehead atoms. The van der Waals surface area contributed by atoms with Gasteiger partial charge in [0, 0.05) is 12.0 Å². The van der Waals surface area contributed by atoms with E-state index in [-0.39, 0.29) is 0 Å². The Morgan fingerprint density at radius 3 is 2.81 bits per heavy atom. The minimum Gasteiger partial charge on any atom is -0.380 e. The first kappa shape index (κ1) is 12.3. The van der Waals surface area contributed by atoms with Crippen LogP contribution in [0.25, 0.3) is 0 Å². The summed E-state index contributed by atoms with van der Waals surface area (Å²) in [6, 6.07) is 0. The van der Waals surface area contributed by atoms with Crippen LogP contribution in [0.4, 0.5) is 0 Å². The molecule has 0 saturated carbocycles. The Morgan fingerprint density at radius 1 is 1.44 bits per heavy atom. The lowest BCUT2D eigenvalue weighted by molar-refractivity contribution is -0.160. The van der Waals surface area contributed by atoms with E-state index >= 15 is 0 Å². The van der Waals surface area contributed by atoms with Crippen molar-refractivity contribution in [2.24, 2.45) is 11.3 Å². The Labute approximate surface area is 99.5 Å². The van der Waals surface area contributed by atoms with E-state index in [1.807, 2.05) is 7.05 Å². The van der Waals surface area contributed by atoms with E-state index < -0.39 is 0 Å². The standard InChI is InChI=1S/C13H26N2O/c1-14-7-4-6-13(10-16-11-13)12-5-3-8-15(2)9-12/h12,14H,3-11H2,1-2H3. The first-order valence-corrected chi connectivity index (χ1v) is 6.68. The normalized spacial score (nSPS) is 30.0. The molecule has 3 nitrogen and oxygen atoms in total. The van der Waals surface area contributed by atoms with Crippen molar-refractivity contribution in [1.82, 2.24) is 10.2 Å². The average Bonchev–Trinajstić information content (AvgIpc) is 2.22. The van der Waals surface area contributed by atoms with Crippen LogP contribution in [0, 0.1) is 11.3 Å². The Kier molecular flexibility index (Phi) is 4.22. The van der Waals surface area contributed by atoms with E-state index in [1.54, 1.807) is 0 Å². The summed E-state index contributed by atoms with van der Waals surface area (Å²) in [5, 5.41) is 3.25. The number of hydrogen-bond donors (Lipinski definition) is 1. The number of likely N-dealkylation sites (tertiary alicyclic amines) is 1. The molecule has 1 atom stereocenters. The molecule has 94 valence electrons. The molecule has 0 aromatic rings. The highest BCUT2D eigenvalue weighted by atomic mass is 16.5. The zero-order valence-electron chi connectivity index (χ0n) is 10.8. The van der Waals surface area contributed by atoms with Crippen molar-refractivity contribution in [3.05, 3.63) is 0 Å². The second-order valence-corrected chi connectivity index (χ2v) is 5.66. The fraction of sp³-hybridized carbons (Fsp3) is 1.00. The zero-order valence-corrected chi connectivity index (χ0v) is 10.8. The van der Waals surface area contributed by atoms with Gasteiger partial charge in [-0.25, -0.2) is 0 Å². The molecule has 1 N–H and O–H groups in total. The predicted molar refractivity (Wildman–Crippen MR) is 66.6 cm³/mol. The molecular weight excluding hydrogens is 200 g/mol. The molecule has 1 unspecified atom stereocenters. The highest BCUT2D eigenvalue weighted by Crippen LogP contribution is 2.43. The molecule has 2 heterocycles. The van der Waals surface area contributed by atoms with Gasteiger partial charge in [-0.3, -0.25) is 0 Å². The van der Waals surface area contributed by atoms with Crippen LogP contribution in [0.2, 0.25) is 0 Å². The van der Waals surface area contributed by atoms with Gasteiger partial charge in [0.1, 0.15) is 0 Å². The number of rotatable bonds is 5. The van der Waals surface area contributed by atoms with Gasteiger partial charge in [-0.05, 0) is 58.8 Å². The first-order chi connectivity index (χ1) is 7.77. The van der Waals surface area contributed by atoms with Crippen molar-refractivity contribution in [2.75, 3.05) is 46.9 Å². The lowest BCUT2D eigenvalue weighted by Gasteiger charge is -2.50. The Hall–Kier alpha value is -0.120. The fourth-order valence-electron chi connectivity index (χ4n) is 3.23. The largest absolute Gasteiger partial charge is 0.380 e. The third kappa shape index (κ3) is 2.58. The summed E-state index contributed by atoms with van der Waals surface area (Å²) in [6.07, 6.45) is 5.41. The van der Waals surface area contributed by atoms with Crippen LogP contribution >= 0.6 is 0 Å². The lowest BCUT2D eigenvalue weighted by Crippen LogP contribution is -2.53. The molecule has 2 saturated heterocycles. The lowest BCUT2D eigenvalue weighted by atomic mass is 9.67. The van der Waals surface area contributed by atoms with Crippen molar-refractivity contribution in [2.45, 2.75) is 25.7 Å². The predicted octanol–water partition coefficient (Wildman–Crippen LogP) is 1.34. The van der Waals surface area contributed by atoms with Gasteiger partial charge in [-0.2, -0.15) is 0 Å². The van der Waals surface area contributed by atoms with Gasteiger partial charge in [0.15, 0.2) is 0 Å². The number of piperidine rings is 1. The Bertz CT molecular complexity index is 216. The zero-order chi connectivity index (χ0) is 11.4. The minimum atomic E-state index is 0.519. The second-order valence-electron chi connectivity index (χ2n) is 5.66. The average molecular weight is 226 g/mol. The molecule has 0 aromatic carbocycles. The molecule has 3 heteroatoms. The summed E-state index contributed by atoms with van der Waals surface area (Å²) in [5.74, 6) is 0.872. The van der Waals surface area contributed by atoms with E-state index in [9.17, 15) is 0 Å². The van der Waals surface area contributed by atoms with Crippen molar-refractivity contribution >= 4 is 0 Å². The molecule has 2 fully saturated rings. The SMILES string of the molecule is CNCCCC1(C2CCCN(C)C2)COC1. The Balaban J connectivity index is 1.87. The topological polar surface area (TPSA) is 24.5 Å². The van der Waals surface area contributed by atoms with Crippen LogP contribution in [0.3, 0.4) is 0 Å². The summed E-state index contributed by atoms with van der Waals surface area (Å²) < 4.78 is 5.52. The molecule has 0 spiro atoms. The van der Waals surface area contributed by atoms with Gasteiger partial charge in [0.2, 0.25) is 0 Å². The van der Waals surface area contributed by atoms with Crippen molar-refractivity contribution in [3.8, 4) is 0 Å². The van der Waals surface area contributed by atoms with Gasteiger partial charge in [-0.1, -0.05) is 0 Å². The summed E-state index contributed by atoms with van der Waals surface area (Å²) in [4.78, 5) is 2.49. The van der Waals surface area contributed by atoms with E-state index in [4.69, 9.17) is 4.74 Å². The van der Waals surface area contributed by atoms with Crippen molar-refractivity contribution < 1.29 is 4.74 Å². The third-order valence-electron chi connectivity index (χ3n) is 4.37. The highest BCUT2D eigenvalue weighted by molar-refractivity contribution is 4.94. The monoisotopic (exact) mass is 226 g/mol. The molecule has 0 radical (unpaired) electrons. The van der Waals surface area contributed by atoms with E-state index in [1.165, 1.54) is 38.8 Å². The highest BCUT2D eigenvalue weighted by Gasteiger charge is 2.45. The van der Waals surface area contributed by atoms with Crippen LogP contribution in [-0.4, -0.2) is 51.8 Å². The fourth-order valence-corrected chi connectivity index (χ4v) is 3.23. The van der Waals surface area contributed by atoms with Gasteiger partial charge in [0.25, 0.3) is 0 Å². The molecule has 0 aliphatic carbocycles. The summed E-state index contributed by atoms with van der Waals surface area (Å²) in [6.45, 7) is 5.72. The van der Waals surface area contributed by atoms with Crippen molar-refractivity contribution in [1.29, 1.82) is 0 Å². The van der Waals surface area contributed by atoms with E-state index in [0.29, 0.717) is 5.41 Å². The Morgan fingerprint density at radius 2 is 2.25 bits per heavy atom. The molecular formula is C13H26N2O. The summed E-state index contributed by atoms with van der Waals surface area (Å²) >= 11 is 0. The molecule has 2 aliphatic rings. The molecule has 0 aromatic heterocycles. The van der Waals surface area contributed by atoms with Gasteiger partial charge < -0.3 is 15.0 Å². The smallest absolute Gasteiger partial charge is 0.0547 e. The molecule has 2 aliphatic heterocycles. The molecule has 2 rings (SSSR count). The second kappa shape index (κ2) is 5.48. The number of nitrogens with zero attached hydrogens (tertiary/aromatic N) is 1. The maximum Gasteiger partial charge on any atom is 0.0547 e. The maximum atomic E-state index is 5.52. The van der Waals surface area contributed by atoms with Gasteiger partial charge in [0.05, 0.1) is 13.2 Å². The quantitative estimate of drug-likeness (QED) is 0.716. The van der Waals surface area contributed by atoms with Crippen LogP contribution in [0.15, 0.2) is 0 Å². The van der Waals surface area contributed by atoms with Crippen LogP contribution in [-0.2, 0) is 4.74 Å². The summed E-state index contributed by atoms with van der Waals surface area (Å²) in [7, 11) is 4.30. The molecule has 0 amide bonds. The van der Waals surface area contributed by atoms with Crippen LogP contribution in [0.5, 0.6) is 0 Å². The van der Waals surface area contributed by atoms with E-state index in [2.05, 4.69) is 17.3 Å². The number of nitrogens with one attached hydrogen (secondary N) is 1. The number of ether oxygens (including phenoxy) is 1. The molecule has 16 heavy (non-hydrogen) atoms.